The number of rotatable bonds is 15. The molecule has 0 bridgehead atoms. The fraction of sp³-hybridized carbons (Fsp3) is 0.812. The van der Waals surface area contributed by atoms with E-state index in [-0.39, 0.29) is 18.1 Å². The summed E-state index contributed by atoms with van der Waals surface area (Å²) < 4.78 is 10.8. The van der Waals surface area contributed by atoms with Gasteiger partial charge in [0.25, 0.3) is 0 Å². The number of ketones is 1. The molecule has 5 nitrogen and oxygen atoms in total. The normalized spacial score (nSPS) is 10.6. The fourth-order valence-electron chi connectivity index (χ4n) is 1.58. The number of hydrogen-bond acceptors (Lipinski definition) is 4. The molecule has 0 aliphatic carbocycles. The van der Waals surface area contributed by atoms with Gasteiger partial charge >= 0.3 is 0 Å². The number of hydrogen-bond donors (Lipinski definition) is 1. The van der Waals surface area contributed by atoms with Gasteiger partial charge in [0, 0.05) is 45.8 Å². The van der Waals surface area contributed by atoms with Gasteiger partial charge in [-0.2, -0.15) is 0 Å². The van der Waals surface area contributed by atoms with Crippen LogP contribution < -0.4 is 5.32 Å². The molecule has 0 aromatic heterocycles. The van der Waals surface area contributed by atoms with Crippen molar-refractivity contribution >= 4 is 11.7 Å². The second-order valence-corrected chi connectivity index (χ2v) is 4.98. The van der Waals surface area contributed by atoms with Crippen LogP contribution >= 0.6 is 0 Å². The van der Waals surface area contributed by atoms with Gasteiger partial charge in [-0.25, -0.2) is 0 Å². The van der Waals surface area contributed by atoms with Gasteiger partial charge in [0.15, 0.2) is 0 Å². The second kappa shape index (κ2) is 15.4. The quantitative estimate of drug-likeness (QED) is 0.471. The molecule has 0 unspecified atom stereocenters. The highest BCUT2D eigenvalue weighted by Gasteiger charge is 2.02. The molecule has 1 amide bonds. The minimum atomic E-state index is -0.0696. The number of Topliss-reactive ketones (excluding diaryl/α,β-unsaturated/α-hetero) is 1. The Labute approximate surface area is 128 Å². The summed E-state index contributed by atoms with van der Waals surface area (Å²) in [6.45, 7) is 10.3. The zero-order chi connectivity index (χ0) is 15.8. The van der Waals surface area contributed by atoms with E-state index in [1.165, 1.54) is 6.92 Å². The first kappa shape index (κ1) is 20.1. The third-order valence-electron chi connectivity index (χ3n) is 2.81. The summed E-state index contributed by atoms with van der Waals surface area (Å²) in [6.07, 6.45) is 4.94. The highest BCUT2D eigenvalue weighted by molar-refractivity contribution is 5.83. The van der Waals surface area contributed by atoms with Gasteiger partial charge in [-0.15, -0.1) is 0 Å². The number of carbonyl (C=O) groups excluding carboxylic acids is 2. The van der Waals surface area contributed by atoms with Gasteiger partial charge in [0.1, 0.15) is 5.78 Å². The van der Waals surface area contributed by atoms with Crippen molar-refractivity contribution in [3.63, 3.8) is 0 Å². The van der Waals surface area contributed by atoms with Crippen LogP contribution in [0, 0.1) is 6.92 Å². The van der Waals surface area contributed by atoms with Crippen molar-refractivity contribution in [1.82, 2.24) is 5.32 Å². The van der Waals surface area contributed by atoms with Gasteiger partial charge in [-0.05, 0) is 46.0 Å². The number of nitrogens with one attached hydrogen (secondary N) is 1. The SMILES string of the molecule is [CH]CCCOCCCCOCCCNC(=O)CCC(C)=O. The highest BCUT2D eigenvalue weighted by atomic mass is 16.5. The van der Waals surface area contributed by atoms with E-state index >= 15 is 0 Å². The van der Waals surface area contributed by atoms with Gasteiger partial charge < -0.3 is 19.6 Å². The molecule has 0 aromatic rings. The first-order chi connectivity index (χ1) is 10.2. The Bertz CT molecular complexity index is 269. The molecule has 0 heterocycles. The monoisotopic (exact) mass is 299 g/mol. The minimum Gasteiger partial charge on any atom is -0.381 e. The van der Waals surface area contributed by atoms with Gasteiger partial charge in [-0.1, -0.05) is 0 Å². The van der Waals surface area contributed by atoms with E-state index in [1.54, 1.807) is 0 Å². The van der Waals surface area contributed by atoms with Crippen molar-refractivity contribution in [2.24, 2.45) is 0 Å². The van der Waals surface area contributed by atoms with Crippen LogP contribution in [0.25, 0.3) is 0 Å². The van der Waals surface area contributed by atoms with Crippen molar-refractivity contribution in [1.29, 1.82) is 0 Å². The molecule has 2 radical (unpaired) electrons. The lowest BCUT2D eigenvalue weighted by atomic mass is 10.2. The molecule has 0 aliphatic rings. The largest absolute Gasteiger partial charge is 0.381 e. The Morgan fingerprint density at radius 2 is 1.48 bits per heavy atom. The molecular weight excluding hydrogens is 270 g/mol. The van der Waals surface area contributed by atoms with E-state index in [1.807, 2.05) is 0 Å². The van der Waals surface area contributed by atoms with Crippen molar-refractivity contribution in [3.05, 3.63) is 6.92 Å². The first-order valence-electron chi connectivity index (χ1n) is 7.78. The summed E-state index contributed by atoms with van der Waals surface area (Å²) in [6, 6.07) is 0. The molecule has 0 rings (SSSR count). The summed E-state index contributed by atoms with van der Waals surface area (Å²) in [5, 5.41) is 2.77. The van der Waals surface area contributed by atoms with Crippen molar-refractivity contribution in [2.75, 3.05) is 33.0 Å². The zero-order valence-corrected chi connectivity index (χ0v) is 13.2. The predicted octanol–water partition coefficient (Wildman–Crippen LogP) is 2.17. The molecule has 5 heteroatoms. The molecular formula is C16H29NO4. The number of ether oxygens (including phenoxy) is 2. The highest BCUT2D eigenvalue weighted by Crippen LogP contribution is 1.95. The Balaban J connectivity index is 3.12. The van der Waals surface area contributed by atoms with Crippen molar-refractivity contribution in [3.8, 4) is 0 Å². The standard InChI is InChI=1S/C16H29NO4/c1-3-4-11-20-12-5-6-13-21-14-7-10-17-16(19)9-8-15(2)18/h1H,3-14H2,2H3,(H,17,19). The molecule has 0 fully saturated rings. The summed E-state index contributed by atoms with van der Waals surface area (Å²) in [5.41, 5.74) is 0. The minimum absolute atomic E-state index is 0.0421. The lowest BCUT2D eigenvalue weighted by molar-refractivity contribution is -0.124. The summed E-state index contributed by atoms with van der Waals surface area (Å²) in [5.74, 6) is -0.0275. The van der Waals surface area contributed by atoms with Crippen LogP contribution in [0.4, 0.5) is 0 Å². The molecule has 0 aromatic carbocycles. The smallest absolute Gasteiger partial charge is 0.220 e. The van der Waals surface area contributed by atoms with Crippen LogP contribution in [0.15, 0.2) is 0 Å². The zero-order valence-electron chi connectivity index (χ0n) is 13.2. The average Bonchev–Trinajstić information content (AvgIpc) is 2.46. The van der Waals surface area contributed by atoms with Crippen LogP contribution in [0.1, 0.15) is 51.9 Å². The average molecular weight is 299 g/mol. The topological polar surface area (TPSA) is 64.6 Å². The number of carbonyl (C=O) groups is 2. The van der Waals surface area contributed by atoms with Gasteiger partial charge in [0.2, 0.25) is 5.91 Å². The molecule has 122 valence electrons. The first-order valence-corrected chi connectivity index (χ1v) is 7.78. The van der Waals surface area contributed by atoms with Crippen LogP contribution in [0.2, 0.25) is 0 Å². The summed E-state index contributed by atoms with van der Waals surface area (Å²) in [7, 11) is 0. The Hall–Kier alpha value is -0.940. The van der Waals surface area contributed by atoms with E-state index < -0.39 is 0 Å². The maximum atomic E-state index is 11.3. The molecule has 0 atom stereocenters. The predicted molar refractivity (Wildman–Crippen MR) is 81.9 cm³/mol. The van der Waals surface area contributed by atoms with Crippen LogP contribution in [-0.4, -0.2) is 44.7 Å². The Morgan fingerprint density at radius 3 is 2.05 bits per heavy atom. The molecule has 0 aliphatic heterocycles. The molecule has 0 spiro atoms. The molecule has 0 saturated heterocycles. The van der Waals surface area contributed by atoms with Crippen molar-refractivity contribution in [2.45, 2.75) is 51.9 Å². The van der Waals surface area contributed by atoms with E-state index in [0.717, 1.165) is 45.5 Å². The van der Waals surface area contributed by atoms with E-state index in [4.69, 9.17) is 16.4 Å². The molecule has 0 saturated carbocycles. The fourth-order valence-corrected chi connectivity index (χ4v) is 1.58. The van der Waals surface area contributed by atoms with Crippen LogP contribution in [0.5, 0.6) is 0 Å². The number of amides is 1. The maximum Gasteiger partial charge on any atom is 0.220 e. The van der Waals surface area contributed by atoms with E-state index in [0.29, 0.717) is 26.0 Å². The third kappa shape index (κ3) is 17.0. The van der Waals surface area contributed by atoms with Crippen molar-refractivity contribution < 1.29 is 19.1 Å². The van der Waals surface area contributed by atoms with Crippen LogP contribution in [-0.2, 0) is 19.1 Å². The third-order valence-corrected chi connectivity index (χ3v) is 2.81. The molecule has 21 heavy (non-hydrogen) atoms. The van der Waals surface area contributed by atoms with Gasteiger partial charge in [0.05, 0.1) is 0 Å². The lowest BCUT2D eigenvalue weighted by Gasteiger charge is -2.06. The van der Waals surface area contributed by atoms with Gasteiger partial charge in [-0.3, -0.25) is 4.79 Å². The van der Waals surface area contributed by atoms with E-state index in [2.05, 4.69) is 5.32 Å². The lowest BCUT2D eigenvalue weighted by Crippen LogP contribution is -2.25. The van der Waals surface area contributed by atoms with E-state index in [9.17, 15) is 9.59 Å². The Morgan fingerprint density at radius 1 is 0.905 bits per heavy atom. The molecule has 1 N–H and O–H groups in total. The Kier molecular flexibility index (Phi) is 14.8. The number of unbranched alkanes of at least 4 members (excludes halogenated alkanes) is 2. The summed E-state index contributed by atoms with van der Waals surface area (Å²) in [4.78, 5) is 22.0. The maximum absolute atomic E-state index is 11.3. The van der Waals surface area contributed by atoms with Crippen LogP contribution in [0.3, 0.4) is 0 Å². The summed E-state index contributed by atoms with van der Waals surface area (Å²) >= 11 is 0. The second-order valence-electron chi connectivity index (χ2n) is 4.98.